The van der Waals surface area contributed by atoms with E-state index in [9.17, 15) is 8.78 Å². The molecule has 2 nitrogen and oxygen atoms in total. The van der Waals surface area contributed by atoms with E-state index in [4.69, 9.17) is 4.74 Å². The number of rotatable bonds is 6. The van der Waals surface area contributed by atoms with Crippen LogP contribution in [0.25, 0.3) is 10.8 Å². The lowest BCUT2D eigenvalue weighted by molar-refractivity contribution is 0.361. The predicted molar refractivity (Wildman–Crippen MR) is 124 cm³/mol. The SMILES string of the molecule is C=CCOc1ccc(CCc2ccc(C#Cc3ccc4c(F)c(F)ccc4c3)cc2)nc1. The van der Waals surface area contributed by atoms with Gasteiger partial charge in [-0.25, -0.2) is 8.78 Å². The van der Waals surface area contributed by atoms with E-state index < -0.39 is 11.6 Å². The van der Waals surface area contributed by atoms with Crippen molar-refractivity contribution in [2.45, 2.75) is 12.8 Å². The molecule has 0 aliphatic rings. The van der Waals surface area contributed by atoms with Gasteiger partial charge >= 0.3 is 0 Å². The van der Waals surface area contributed by atoms with Crippen molar-refractivity contribution in [2.75, 3.05) is 6.61 Å². The number of aryl methyl sites for hydroxylation is 2. The lowest BCUT2D eigenvalue weighted by Gasteiger charge is -2.05. The van der Waals surface area contributed by atoms with Crippen molar-refractivity contribution in [1.82, 2.24) is 4.98 Å². The highest BCUT2D eigenvalue weighted by molar-refractivity contribution is 5.84. The summed E-state index contributed by atoms with van der Waals surface area (Å²) in [6.07, 6.45) is 5.14. The van der Waals surface area contributed by atoms with Crippen LogP contribution in [0.3, 0.4) is 0 Å². The van der Waals surface area contributed by atoms with Gasteiger partial charge in [0, 0.05) is 22.2 Å². The topological polar surface area (TPSA) is 22.1 Å². The van der Waals surface area contributed by atoms with Crippen LogP contribution in [0.15, 0.2) is 85.6 Å². The molecule has 0 N–H and O–H groups in total. The van der Waals surface area contributed by atoms with E-state index in [-0.39, 0.29) is 5.39 Å². The summed E-state index contributed by atoms with van der Waals surface area (Å²) in [5.74, 6) is 5.28. The molecule has 0 saturated carbocycles. The second kappa shape index (κ2) is 9.89. The van der Waals surface area contributed by atoms with Crippen LogP contribution in [0.2, 0.25) is 0 Å². The molecule has 3 aromatic carbocycles. The average Bonchev–Trinajstić information content (AvgIpc) is 2.84. The summed E-state index contributed by atoms with van der Waals surface area (Å²) in [5, 5.41) is 0.883. The summed E-state index contributed by atoms with van der Waals surface area (Å²) in [6, 6.07) is 19.7. The highest BCUT2D eigenvalue weighted by Gasteiger charge is 2.06. The summed E-state index contributed by atoms with van der Waals surface area (Å²) in [6.45, 7) is 4.10. The van der Waals surface area contributed by atoms with E-state index in [1.165, 1.54) is 5.56 Å². The van der Waals surface area contributed by atoms with Gasteiger partial charge < -0.3 is 4.74 Å². The summed E-state index contributed by atoms with van der Waals surface area (Å²) in [5.41, 5.74) is 3.85. The van der Waals surface area contributed by atoms with Crippen molar-refractivity contribution in [1.29, 1.82) is 0 Å². The number of pyridine rings is 1. The van der Waals surface area contributed by atoms with E-state index in [1.807, 2.05) is 24.3 Å². The molecular weight excluding hydrogens is 404 g/mol. The fourth-order valence-corrected chi connectivity index (χ4v) is 3.31. The smallest absolute Gasteiger partial charge is 0.166 e. The fourth-order valence-electron chi connectivity index (χ4n) is 3.31. The van der Waals surface area contributed by atoms with E-state index in [2.05, 4.69) is 35.5 Å². The molecule has 0 saturated heterocycles. The maximum absolute atomic E-state index is 13.8. The highest BCUT2D eigenvalue weighted by Crippen LogP contribution is 2.21. The summed E-state index contributed by atoms with van der Waals surface area (Å²) in [7, 11) is 0. The molecular formula is C28H21F2NO. The molecule has 4 rings (SSSR count). The van der Waals surface area contributed by atoms with Crippen LogP contribution in [0.1, 0.15) is 22.4 Å². The van der Waals surface area contributed by atoms with Gasteiger partial charge in [-0.3, -0.25) is 4.98 Å². The minimum Gasteiger partial charge on any atom is -0.488 e. The Labute approximate surface area is 186 Å². The second-order valence-corrected chi connectivity index (χ2v) is 7.33. The molecule has 0 spiro atoms. The number of aromatic nitrogens is 1. The predicted octanol–water partition coefficient (Wildman–Crippen LogP) is 6.26. The van der Waals surface area contributed by atoms with Gasteiger partial charge in [-0.05, 0) is 66.3 Å². The van der Waals surface area contributed by atoms with Crippen molar-refractivity contribution in [2.24, 2.45) is 0 Å². The average molecular weight is 425 g/mol. The molecule has 0 aliphatic heterocycles. The summed E-state index contributed by atoms with van der Waals surface area (Å²) < 4.78 is 32.6. The Bertz CT molecular complexity index is 1300. The third kappa shape index (κ3) is 5.19. The van der Waals surface area contributed by atoms with Crippen LogP contribution in [-0.2, 0) is 12.8 Å². The number of hydrogen-bond acceptors (Lipinski definition) is 2. The Morgan fingerprint density at radius 3 is 2.41 bits per heavy atom. The first-order valence-electron chi connectivity index (χ1n) is 10.3. The first-order chi connectivity index (χ1) is 15.6. The zero-order chi connectivity index (χ0) is 22.3. The van der Waals surface area contributed by atoms with Crippen molar-refractivity contribution in [3.63, 3.8) is 0 Å². The van der Waals surface area contributed by atoms with Crippen molar-refractivity contribution < 1.29 is 13.5 Å². The molecule has 1 aromatic heterocycles. The molecule has 0 radical (unpaired) electrons. The third-order valence-corrected chi connectivity index (χ3v) is 5.05. The van der Waals surface area contributed by atoms with Gasteiger partial charge in [0.05, 0.1) is 6.20 Å². The van der Waals surface area contributed by atoms with E-state index >= 15 is 0 Å². The maximum Gasteiger partial charge on any atom is 0.166 e. The van der Waals surface area contributed by atoms with Gasteiger partial charge in [-0.2, -0.15) is 0 Å². The molecule has 0 amide bonds. The van der Waals surface area contributed by atoms with Crippen molar-refractivity contribution in [3.05, 3.63) is 120 Å². The van der Waals surface area contributed by atoms with Crippen molar-refractivity contribution in [3.8, 4) is 17.6 Å². The Kier molecular flexibility index (Phi) is 6.57. The van der Waals surface area contributed by atoms with Crippen molar-refractivity contribution >= 4 is 10.8 Å². The molecule has 0 bridgehead atoms. The number of hydrogen-bond donors (Lipinski definition) is 0. The van der Waals surface area contributed by atoms with Crippen LogP contribution in [0, 0.1) is 23.5 Å². The first kappa shape index (κ1) is 21.3. The summed E-state index contributed by atoms with van der Waals surface area (Å²) >= 11 is 0. The fraction of sp³-hybridized carbons (Fsp3) is 0.107. The standard InChI is InChI=1S/C28H21F2NO/c1-2-17-32-25-14-13-24(31-19-25)12-9-21-5-3-20(4-6-21)7-8-22-10-15-26-23(18-22)11-16-27(29)28(26)30/h2-6,10-11,13-16,18-19H,1,9,12,17H2. The number of benzene rings is 3. The molecule has 0 aliphatic carbocycles. The zero-order valence-electron chi connectivity index (χ0n) is 17.4. The van der Waals surface area contributed by atoms with Gasteiger partial charge in [-0.15, -0.1) is 0 Å². The monoisotopic (exact) mass is 425 g/mol. The van der Waals surface area contributed by atoms with Crippen LogP contribution < -0.4 is 4.74 Å². The molecule has 4 aromatic rings. The Hall–Kier alpha value is -3.97. The highest BCUT2D eigenvalue weighted by atomic mass is 19.2. The molecule has 158 valence electrons. The van der Waals surface area contributed by atoms with Crippen LogP contribution in [0.4, 0.5) is 8.78 Å². The molecule has 32 heavy (non-hydrogen) atoms. The van der Waals surface area contributed by atoms with E-state index in [1.54, 1.807) is 36.5 Å². The number of nitrogens with zero attached hydrogens (tertiary/aromatic N) is 1. The van der Waals surface area contributed by atoms with Gasteiger partial charge in [0.15, 0.2) is 11.6 Å². The lowest BCUT2D eigenvalue weighted by Crippen LogP contribution is -1.97. The number of ether oxygens (including phenoxy) is 1. The Balaban J connectivity index is 1.38. The van der Waals surface area contributed by atoms with Crippen LogP contribution >= 0.6 is 0 Å². The van der Waals surface area contributed by atoms with Crippen LogP contribution in [0.5, 0.6) is 5.75 Å². The minimum absolute atomic E-state index is 0.258. The molecule has 0 atom stereocenters. The van der Waals surface area contributed by atoms with E-state index in [0.29, 0.717) is 12.0 Å². The van der Waals surface area contributed by atoms with Gasteiger partial charge in [0.1, 0.15) is 12.4 Å². The summed E-state index contributed by atoms with van der Waals surface area (Å²) in [4.78, 5) is 4.43. The lowest BCUT2D eigenvalue weighted by atomic mass is 10.0. The quantitative estimate of drug-likeness (QED) is 0.269. The van der Waals surface area contributed by atoms with Gasteiger partial charge in [-0.1, -0.05) is 48.8 Å². The second-order valence-electron chi connectivity index (χ2n) is 7.33. The Morgan fingerprint density at radius 2 is 1.66 bits per heavy atom. The zero-order valence-corrected chi connectivity index (χ0v) is 17.4. The largest absolute Gasteiger partial charge is 0.488 e. The van der Waals surface area contributed by atoms with E-state index in [0.717, 1.165) is 41.5 Å². The minimum atomic E-state index is -0.846. The van der Waals surface area contributed by atoms with Gasteiger partial charge in [0.2, 0.25) is 0 Å². The molecule has 4 heteroatoms. The van der Waals surface area contributed by atoms with Crippen LogP contribution in [-0.4, -0.2) is 11.6 Å². The maximum atomic E-state index is 13.8. The normalized spacial score (nSPS) is 10.4. The number of fused-ring (bicyclic) bond motifs is 1. The molecule has 0 fully saturated rings. The number of halogens is 2. The van der Waals surface area contributed by atoms with Gasteiger partial charge in [0.25, 0.3) is 0 Å². The molecule has 0 unspecified atom stereocenters. The third-order valence-electron chi connectivity index (χ3n) is 5.05. The molecule has 1 heterocycles. The first-order valence-corrected chi connectivity index (χ1v) is 10.3. The Morgan fingerprint density at radius 1 is 0.875 bits per heavy atom.